The Morgan fingerprint density at radius 2 is 1.92 bits per heavy atom. The molecule has 2 fully saturated rings. The minimum Gasteiger partial charge on any atom is -0.342 e. The largest absolute Gasteiger partial charge is 0.342 e. The van der Waals surface area contributed by atoms with Crippen molar-refractivity contribution in [2.24, 2.45) is 5.41 Å². The highest BCUT2D eigenvalue weighted by molar-refractivity contribution is 5.85. The van der Waals surface area contributed by atoms with Crippen LogP contribution in [0, 0.1) is 5.41 Å². The molecule has 25 heavy (non-hydrogen) atoms. The number of piperidine rings is 1. The zero-order valence-corrected chi connectivity index (χ0v) is 15.2. The van der Waals surface area contributed by atoms with Gasteiger partial charge >= 0.3 is 0 Å². The van der Waals surface area contributed by atoms with Crippen LogP contribution >= 0.6 is 12.4 Å². The predicted octanol–water partition coefficient (Wildman–Crippen LogP) is 2.44. The van der Waals surface area contributed by atoms with E-state index in [2.05, 4.69) is 10.4 Å². The molecule has 4 rings (SSSR count). The van der Waals surface area contributed by atoms with E-state index in [-0.39, 0.29) is 18.3 Å². The van der Waals surface area contributed by atoms with Gasteiger partial charge in [0.05, 0.1) is 12.1 Å². The smallest absolute Gasteiger partial charge is 0.226 e. The number of hydrogen-bond acceptors (Lipinski definition) is 3. The third kappa shape index (κ3) is 3.88. The molecular formula is C19H25ClN4O. The molecule has 3 heterocycles. The van der Waals surface area contributed by atoms with Crippen LogP contribution in [0.2, 0.25) is 0 Å². The van der Waals surface area contributed by atoms with Gasteiger partial charge in [-0.3, -0.25) is 4.79 Å². The molecule has 6 heteroatoms. The minimum atomic E-state index is 0. The van der Waals surface area contributed by atoms with Crippen LogP contribution in [0.5, 0.6) is 0 Å². The van der Waals surface area contributed by atoms with Gasteiger partial charge in [0.15, 0.2) is 0 Å². The van der Waals surface area contributed by atoms with E-state index in [0.717, 1.165) is 50.3 Å². The summed E-state index contributed by atoms with van der Waals surface area (Å²) in [6, 6.07) is 10.00. The van der Waals surface area contributed by atoms with Crippen LogP contribution < -0.4 is 5.32 Å². The Morgan fingerprint density at radius 3 is 2.52 bits per heavy atom. The van der Waals surface area contributed by atoms with Crippen molar-refractivity contribution in [2.45, 2.75) is 25.7 Å². The average Bonchev–Trinajstić information content (AvgIpc) is 3.29. The lowest BCUT2D eigenvalue weighted by atomic mass is 9.78. The lowest BCUT2D eigenvalue weighted by molar-refractivity contribution is -0.132. The van der Waals surface area contributed by atoms with E-state index >= 15 is 0 Å². The van der Waals surface area contributed by atoms with Crippen LogP contribution in [0.3, 0.4) is 0 Å². The van der Waals surface area contributed by atoms with Gasteiger partial charge in [0.1, 0.15) is 0 Å². The molecule has 1 spiro atoms. The molecule has 0 aliphatic carbocycles. The van der Waals surface area contributed by atoms with Crippen LogP contribution in [0.15, 0.2) is 42.7 Å². The normalized spacial score (nSPS) is 19.0. The van der Waals surface area contributed by atoms with Gasteiger partial charge in [0.2, 0.25) is 5.91 Å². The SMILES string of the molecule is Cl.O=C(Cc1ccc(-n2cccn2)cc1)N1CCC2(CCNC2)CC1. The summed E-state index contributed by atoms with van der Waals surface area (Å²) in [6.07, 6.45) is 7.73. The highest BCUT2D eigenvalue weighted by atomic mass is 35.5. The molecule has 2 saturated heterocycles. The lowest BCUT2D eigenvalue weighted by Gasteiger charge is -2.39. The molecule has 134 valence electrons. The van der Waals surface area contributed by atoms with Gasteiger partial charge in [-0.15, -0.1) is 12.4 Å². The van der Waals surface area contributed by atoms with Gasteiger partial charge in [-0.25, -0.2) is 4.68 Å². The summed E-state index contributed by atoms with van der Waals surface area (Å²) in [5.41, 5.74) is 2.55. The second-order valence-electron chi connectivity index (χ2n) is 7.10. The van der Waals surface area contributed by atoms with E-state index in [0.29, 0.717) is 11.8 Å². The summed E-state index contributed by atoms with van der Waals surface area (Å²) in [7, 11) is 0. The first-order chi connectivity index (χ1) is 11.7. The molecule has 1 N–H and O–H groups in total. The monoisotopic (exact) mass is 360 g/mol. The first-order valence-electron chi connectivity index (χ1n) is 8.82. The van der Waals surface area contributed by atoms with Crippen LogP contribution in [-0.2, 0) is 11.2 Å². The molecule has 5 nitrogen and oxygen atoms in total. The van der Waals surface area contributed by atoms with E-state index < -0.39 is 0 Å². The van der Waals surface area contributed by atoms with Crippen molar-refractivity contribution in [1.29, 1.82) is 0 Å². The number of carbonyl (C=O) groups excluding carboxylic acids is 1. The van der Waals surface area contributed by atoms with E-state index in [9.17, 15) is 4.79 Å². The Hall–Kier alpha value is -1.85. The molecule has 0 radical (unpaired) electrons. The number of carbonyl (C=O) groups is 1. The number of aromatic nitrogens is 2. The van der Waals surface area contributed by atoms with Gasteiger partial charge < -0.3 is 10.2 Å². The van der Waals surface area contributed by atoms with Crippen LogP contribution in [0.1, 0.15) is 24.8 Å². The highest BCUT2D eigenvalue weighted by Crippen LogP contribution is 2.36. The Kier molecular flexibility index (Phi) is 5.45. The zero-order chi connectivity index (χ0) is 16.4. The van der Waals surface area contributed by atoms with Gasteiger partial charge in [-0.1, -0.05) is 12.1 Å². The Bertz CT molecular complexity index is 683. The number of nitrogens with one attached hydrogen (secondary N) is 1. The maximum Gasteiger partial charge on any atom is 0.226 e. The molecule has 2 aliphatic rings. The lowest BCUT2D eigenvalue weighted by Crippen LogP contribution is -2.44. The van der Waals surface area contributed by atoms with Crippen molar-refractivity contribution in [3.63, 3.8) is 0 Å². The standard InChI is InChI=1S/C19H24N4O.ClH/c24-18(22-12-7-19(8-13-22)6-10-20-15-19)14-16-2-4-17(5-3-16)23-11-1-9-21-23;/h1-5,9,11,20H,6-8,10,12-15H2;1H. The summed E-state index contributed by atoms with van der Waals surface area (Å²) in [4.78, 5) is 14.6. The Balaban J connectivity index is 0.00000182. The van der Waals surface area contributed by atoms with Crippen molar-refractivity contribution in [3.8, 4) is 5.69 Å². The first kappa shape index (κ1) is 18.0. The number of likely N-dealkylation sites (tertiary alicyclic amines) is 1. The molecule has 2 aliphatic heterocycles. The maximum absolute atomic E-state index is 12.6. The molecule has 1 amide bonds. The zero-order valence-electron chi connectivity index (χ0n) is 14.4. The van der Waals surface area contributed by atoms with Gasteiger partial charge in [-0.05, 0) is 55.0 Å². The second-order valence-corrected chi connectivity index (χ2v) is 7.10. The van der Waals surface area contributed by atoms with Gasteiger partial charge in [0.25, 0.3) is 0 Å². The quantitative estimate of drug-likeness (QED) is 0.914. The van der Waals surface area contributed by atoms with E-state index in [1.165, 1.54) is 6.42 Å². The molecule has 2 aromatic rings. The summed E-state index contributed by atoms with van der Waals surface area (Å²) in [5, 5.41) is 7.69. The Morgan fingerprint density at radius 1 is 1.16 bits per heavy atom. The summed E-state index contributed by atoms with van der Waals surface area (Å²) < 4.78 is 1.82. The fourth-order valence-corrected chi connectivity index (χ4v) is 3.93. The summed E-state index contributed by atoms with van der Waals surface area (Å²) in [5.74, 6) is 0.252. The van der Waals surface area contributed by atoms with E-state index in [1.807, 2.05) is 46.1 Å². The van der Waals surface area contributed by atoms with Crippen LogP contribution in [0.4, 0.5) is 0 Å². The van der Waals surface area contributed by atoms with E-state index in [1.54, 1.807) is 6.20 Å². The predicted molar refractivity (Wildman–Crippen MR) is 100 cm³/mol. The van der Waals surface area contributed by atoms with Crippen LogP contribution in [-0.4, -0.2) is 46.8 Å². The molecular weight excluding hydrogens is 336 g/mol. The van der Waals surface area contributed by atoms with Gasteiger partial charge in [-0.2, -0.15) is 5.10 Å². The number of nitrogens with zero attached hydrogens (tertiary/aromatic N) is 3. The van der Waals surface area contributed by atoms with E-state index in [4.69, 9.17) is 0 Å². The van der Waals surface area contributed by atoms with Crippen molar-refractivity contribution in [3.05, 3.63) is 48.3 Å². The molecule has 1 aromatic heterocycles. The molecule has 0 unspecified atom stereocenters. The third-order valence-electron chi connectivity index (χ3n) is 5.57. The summed E-state index contributed by atoms with van der Waals surface area (Å²) in [6.45, 7) is 4.08. The topological polar surface area (TPSA) is 50.2 Å². The molecule has 0 atom stereocenters. The maximum atomic E-state index is 12.6. The van der Waals surface area contributed by atoms with Crippen molar-refractivity contribution < 1.29 is 4.79 Å². The van der Waals surface area contributed by atoms with Gasteiger partial charge in [0, 0.05) is 32.0 Å². The number of halogens is 1. The molecule has 1 aromatic carbocycles. The number of amides is 1. The first-order valence-corrected chi connectivity index (χ1v) is 8.82. The third-order valence-corrected chi connectivity index (χ3v) is 5.57. The van der Waals surface area contributed by atoms with Crippen LogP contribution in [0.25, 0.3) is 5.69 Å². The Labute approximate surface area is 154 Å². The highest BCUT2D eigenvalue weighted by Gasteiger charge is 2.37. The van der Waals surface area contributed by atoms with Crippen molar-refractivity contribution in [2.75, 3.05) is 26.2 Å². The summed E-state index contributed by atoms with van der Waals surface area (Å²) >= 11 is 0. The molecule has 0 saturated carbocycles. The average molecular weight is 361 g/mol. The second kappa shape index (κ2) is 7.58. The fourth-order valence-electron chi connectivity index (χ4n) is 3.93. The van der Waals surface area contributed by atoms with Crippen molar-refractivity contribution >= 4 is 18.3 Å². The number of hydrogen-bond donors (Lipinski definition) is 1. The number of benzene rings is 1. The molecule has 0 bridgehead atoms. The minimum absolute atomic E-state index is 0. The fraction of sp³-hybridized carbons (Fsp3) is 0.474. The number of rotatable bonds is 3. The van der Waals surface area contributed by atoms with Crippen molar-refractivity contribution in [1.82, 2.24) is 20.0 Å².